The van der Waals surface area contributed by atoms with Crippen molar-refractivity contribution in [3.63, 3.8) is 0 Å². The van der Waals surface area contributed by atoms with Gasteiger partial charge in [-0.1, -0.05) is 18.5 Å². The zero-order chi connectivity index (χ0) is 12.6. The highest BCUT2D eigenvalue weighted by atomic mass is 35.5. The average molecular weight is 276 g/mol. The number of nitrogens with zero attached hydrogens (tertiary/aromatic N) is 1. The fourth-order valence-electron chi connectivity index (χ4n) is 1.41. The van der Waals surface area contributed by atoms with Crippen molar-refractivity contribution < 1.29 is 14.6 Å². The molecule has 17 heavy (non-hydrogen) atoms. The van der Waals surface area contributed by atoms with Gasteiger partial charge in [0, 0.05) is 16.9 Å². The number of carboxylic acid groups (broad SMARTS) is 1. The first-order valence-corrected chi connectivity index (χ1v) is 5.90. The van der Waals surface area contributed by atoms with Crippen molar-refractivity contribution in [2.75, 3.05) is 6.61 Å². The topological polar surface area (TPSA) is 59.4 Å². The summed E-state index contributed by atoms with van der Waals surface area (Å²) in [5.41, 5.74) is 0.0120. The van der Waals surface area contributed by atoms with Crippen LogP contribution in [0.4, 0.5) is 0 Å². The third kappa shape index (κ3) is 2.82. The van der Waals surface area contributed by atoms with Crippen LogP contribution in [0.5, 0.6) is 5.88 Å². The van der Waals surface area contributed by atoms with E-state index in [9.17, 15) is 4.79 Å². The highest BCUT2D eigenvalue weighted by molar-refractivity contribution is 6.29. The number of halogens is 2. The Bertz CT molecular complexity index is 466. The SMILES string of the molecule is CC1(COc2cc(C(=O)O)cc(Cl)n2)CC1Cl. The fraction of sp³-hybridized carbons (Fsp3) is 0.455. The van der Waals surface area contributed by atoms with E-state index in [4.69, 9.17) is 33.0 Å². The second-order valence-electron chi connectivity index (χ2n) is 4.44. The first-order chi connectivity index (χ1) is 7.90. The van der Waals surface area contributed by atoms with Crippen LogP contribution in [0.15, 0.2) is 12.1 Å². The van der Waals surface area contributed by atoms with Crippen molar-refractivity contribution in [2.45, 2.75) is 18.7 Å². The molecule has 2 rings (SSSR count). The normalized spacial score (nSPS) is 26.6. The van der Waals surface area contributed by atoms with Gasteiger partial charge >= 0.3 is 5.97 Å². The molecule has 1 saturated carbocycles. The molecule has 1 N–H and O–H groups in total. The second-order valence-corrected chi connectivity index (χ2v) is 5.35. The van der Waals surface area contributed by atoms with Crippen molar-refractivity contribution in [3.8, 4) is 5.88 Å². The van der Waals surface area contributed by atoms with Gasteiger partial charge in [-0.25, -0.2) is 9.78 Å². The van der Waals surface area contributed by atoms with E-state index >= 15 is 0 Å². The lowest BCUT2D eigenvalue weighted by Gasteiger charge is -2.11. The number of hydrogen-bond acceptors (Lipinski definition) is 3. The Hall–Kier alpha value is -1.000. The van der Waals surface area contributed by atoms with E-state index in [1.54, 1.807) is 0 Å². The second kappa shape index (κ2) is 4.35. The molecule has 4 nitrogen and oxygen atoms in total. The molecule has 1 aromatic rings. The number of rotatable bonds is 4. The van der Waals surface area contributed by atoms with E-state index in [1.165, 1.54) is 12.1 Å². The van der Waals surface area contributed by atoms with Crippen LogP contribution in [0.25, 0.3) is 0 Å². The zero-order valence-corrected chi connectivity index (χ0v) is 10.6. The zero-order valence-electron chi connectivity index (χ0n) is 9.11. The molecule has 1 aliphatic carbocycles. The number of carbonyl (C=O) groups is 1. The van der Waals surface area contributed by atoms with Gasteiger partial charge in [0.2, 0.25) is 5.88 Å². The maximum atomic E-state index is 10.8. The lowest BCUT2D eigenvalue weighted by Crippen LogP contribution is -2.13. The Kier molecular flexibility index (Phi) is 3.19. The van der Waals surface area contributed by atoms with Crippen molar-refractivity contribution in [1.29, 1.82) is 0 Å². The van der Waals surface area contributed by atoms with Crippen LogP contribution >= 0.6 is 23.2 Å². The highest BCUT2D eigenvalue weighted by Gasteiger charge is 2.49. The van der Waals surface area contributed by atoms with Gasteiger partial charge in [0.1, 0.15) is 5.15 Å². The van der Waals surface area contributed by atoms with Gasteiger partial charge < -0.3 is 9.84 Å². The van der Waals surface area contributed by atoms with Crippen LogP contribution in [-0.2, 0) is 0 Å². The number of pyridine rings is 1. The van der Waals surface area contributed by atoms with E-state index in [1.807, 2.05) is 6.92 Å². The van der Waals surface area contributed by atoms with Gasteiger partial charge in [-0.2, -0.15) is 0 Å². The maximum Gasteiger partial charge on any atom is 0.335 e. The molecule has 0 aliphatic heterocycles. The Balaban J connectivity index is 2.08. The summed E-state index contributed by atoms with van der Waals surface area (Å²) in [6.07, 6.45) is 0.890. The lowest BCUT2D eigenvalue weighted by molar-refractivity contribution is 0.0696. The summed E-state index contributed by atoms with van der Waals surface area (Å²) in [5, 5.41) is 9.07. The molecule has 1 aromatic heterocycles. The highest BCUT2D eigenvalue weighted by Crippen LogP contribution is 2.49. The largest absolute Gasteiger partial charge is 0.478 e. The molecule has 1 aliphatic rings. The molecule has 1 fully saturated rings. The van der Waals surface area contributed by atoms with Crippen LogP contribution < -0.4 is 4.74 Å². The lowest BCUT2D eigenvalue weighted by atomic mass is 10.2. The molecule has 0 amide bonds. The third-order valence-electron chi connectivity index (χ3n) is 2.81. The molecule has 6 heteroatoms. The predicted molar refractivity (Wildman–Crippen MR) is 64.1 cm³/mol. The standard InChI is InChI=1S/C11H11Cl2NO3/c1-11(4-7(11)12)5-17-9-3-6(10(15)16)2-8(13)14-9/h2-3,7H,4-5H2,1H3,(H,15,16). The number of alkyl halides is 1. The van der Waals surface area contributed by atoms with Crippen LogP contribution in [0, 0.1) is 5.41 Å². The Morgan fingerprint density at radius 2 is 2.35 bits per heavy atom. The Morgan fingerprint density at radius 1 is 1.71 bits per heavy atom. The maximum absolute atomic E-state index is 10.8. The van der Waals surface area contributed by atoms with Crippen molar-refractivity contribution >= 4 is 29.2 Å². The fourth-order valence-corrected chi connectivity index (χ4v) is 2.03. The quantitative estimate of drug-likeness (QED) is 0.678. The smallest absolute Gasteiger partial charge is 0.335 e. The third-order valence-corrected chi connectivity index (χ3v) is 3.68. The Labute approximate surface area is 109 Å². The van der Waals surface area contributed by atoms with Gasteiger partial charge in [0.25, 0.3) is 0 Å². The van der Waals surface area contributed by atoms with E-state index in [0.717, 1.165) is 6.42 Å². The van der Waals surface area contributed by atoms with Gasteiger partial charge in [-0.15, -0.1) is 11.6 Å². The Morgan fingerprint density at radius 3 is 2.88 bits per heavy atom. The predicted octanol–water partition coefficient (Wildman–Crippen LogP) is 2.83. The molecule has 2 atom stereocenters. The number of ether oxygens (including phenoxy) is 1. The molecule has 2 unspecified atom stereocenters. The molecular weight excluding hydrogens is 265 g/mol. The molecule has 0 spiro atoms. The number of aromatic carboxylic acids is 1. The van der Waals surface area contributed by atoms with Gasteiger partial charge in [0.05, 0.1) is 12.2 Å². The summed E-state index contributed by atoms with van der Waals surface area (Å²) in [5.74, 6) is -0.848. The molecule has 0 aromatic carbocycles. The van der Waals surface area contributed by atoms with Crippen molar-refractivity contribution in [2.24, 2.45) is 5.41 Å². The minimum Gasteiger partial charge on any atom is -0.478 e. The number of carboxylic acids is 1. The molecule has 0 radical (unpaired) electrons. The summed E-state index contributed by atoms with van der Waals surface area (Å²) in [4.78, 5) is 14.7. The number of aromatic nitrogens is 1. The first kappa shape index (κ1) is 12.5. The van der Waals surface area contributed by atoms with Crippen LogP contribution in [-0.4, -0.2) is 28.0 Å². The van der Waals surface area contributed by atoms with E-state index < -0.39 is 5.97 Å². The molecule has 1 heterocycles. The van der Waals surface area contributed by atoms with Crippen LogP contribution in [0.2, 0.25) is 5.15 Å². The number of hydrogen-bond donors (Lipinski definition) is 1. The van der Waals surface area contributed by atoms with Crippen LogP contribution in [0.3, 0.4) is 0 Å². The van der Waals surface area contributed by atoms with Crippen molar-refractivity contribution in [1.82, 2.24) is 4.98 Å². The van der Waals surface area contributed by atoms with E-state index in [2.05, 4.69) is 4.98 Å². The van der Waals surface area contributed by atoms with Crippen molar-refractivity contribution in [3.05, 3.63) is 22.8 Å². The summed E-state index contributed by atoms with van der Waals surface area (Å²) in [7, 11) is 0. The minimum absolute atomic E-state index is 0.0467. The summed E-state index contributed by atoms with van der Waals surface area (Å²) in [6.45, 7) is 2.42. The monoisotopic (exact) mass is 275 g/mol. The van der Waals surface area contributed by atoms with Crippen LogP contribution in [0.1, 0.15) is 23.7 Å². The van der Waals surface area contributed by atoms with E-state index in [0.29, 0.717) is 6.61 Å². The van der Waals surface area contributed by atoms with Gasteiger partial charge in [-0.05, 0) is 12.5 Å². The summed E-state index contributed by atoms with van der Waals surface area (Å²) < 4.78 is 5.43. The summed E-state index contributed by atoms with van der Waals surface area (Å²) in [6, 6.07) is 2.63. The molecular formula is C11H11Cl2NO3. The molecule has 0 bridgehead atoms. The minimum atomic E-state index is -1.06. The average Bonchev–Trinajstić information content (AvgIpc) is 2.84. The van der Waals surface area contributed by atoms with Gasteiger partial charge in [0.15, 0.2) is 0 Å². The molecule has 0 saturated heterocycles. The van der Waals surface area contributed by atoms with E-state index in [-0.39, 0.29) is 27.4 Å². The first-order valence-electron chi connectivity index (χ1n) is 5.08. The summed E-state index contributed by atoms with van der Waals surface area (Å²) >= 11 is 11.7. The van der Waals surface area contributed by atoms with Gasteiger partial charge in [-0.3, -0.25) is 0 Å². The molecule has 92 valence electrons.